The van der Waals surface area contributed by atoms with E-state index >= 15 is 0 Å². The summed E-state index contributed by atoms with van der Waals surface area (Å²) in [6, 6.07) is 6.93. The summed E-state index contributed by atoms with van der Waals surface area (Å²) in [5.41, 5.74) is 0.971. The normalized spacial score (nSPS) is 25.4. The number of pyridine rings is 1. The summed E-state index contributed by atoms with van der Waals surface area (Å²) in [5, 5.41) is 8.80. The van der Waals surface area contributed by atoms with Crippen LogP contribution in [-0.2, 0) is 0 Å². The standard InChI is InChI=1S/C16H22N4S/c1-2-9-20-15(5-1)17-18-16(20)13-4-3-8-19(12-13)14-6-10-21-11-7-14/h1-2,5,9,13-14H,3-4,6-8,10-12H2/t13-/m1/s1. The third-order valence-electron chi connectivity index (χ3n) is 4.87. The van der Waals surface area contributed by atoms with Crippen LogP contribution in [0.3, 0.4) is 0 Å². The Balaban J connectivity index is 1.54. The van der Waals surface area contributed by atoms with Crippen LogP contribution in [0.1, 0.15) is 37.4 Å². The van der Waals surface area contributed by atoms with Gasteiger partial charge < -0.3 is 0 Å². The summed E-state index contributed by atoms with van der Waals surface area (Å²) in [6.45, 7) is 2.42. The molecule has 4 nitrogen and oxygen atoms in total. The molecule has 0 bridgehead atoms. The molecule has 0 aliphatic carbocycles. The molecule has 2 fully saturated rings. The van der Waals surface area contributed by atoms with Crippen LogP contribution < -0.4 is 0 Å². The number of hydrogen-bond donors (Lipinski definition) is 0. The molecule has 112 valence electrons. The van der Waals surface area contributed by atoms with Crippen molar-refractivity contribution in [2.75, 3.05) is 24.6 Å². The third kappa shape index (κ3) is 2.69. The van der Waals surface area contributed by atoms with Crippen molar-refractivity contribution in [1.82, 2.24) is 19.5 Å². The molecular formula is C16H22N4S. The number of thioether (sulfide) groups is 1. The predicted octanol–water partition coefficient (Wildman–Crippen LogP) is 2.80. The van der Waals surface area contributed by atoms with E-state index in [1.165, 1.54) is 43.7 Å². The molecule has 0 aromatic carbocycles. The quantitative estimate of drug-likeness (QED) is 0.854. The van der Waals surface area contributed by atoms with E-state index in [0.717, 1.165) is 24.1 Å². The minimum Gasteiger partial charge on any atom is -0.300 e. The van der Waals surface area contributed by atoms with E-state index in [1.54, 1.807) is 0 Å². The summed E-state index contributed by atoms with van der Waals surface area (Å²) >= 11 is 2.11. The fourth-order valence-corrected chi connectivity index (χ4v) is 4.82. The van der Waals surface area contributed by atoms with Crippen molar-refractivity contribution in [2.24, 2.45) is 0 Å². The second kappa shape index (κ2) is 5.97. The number of rotatable bonds is 2. The average molecular weight is 302 g/mol. The highest BCUT2D eigenvalue weighted by atomic mass is 32.2. The van der Waals surface area contributed by atoms with Crippen molar-refractivity contribution >= 4 is 17.4 Å². The first-order chi connectivity index (χ1) is 10.4. The SMILES string of the molecule is c1ccn2c([C@@H]3CCCN(C4CCSCC4)C3)nnc2c1. The first-order valence-corrected chi connectivity index (χ1v) is 9.19. The fourth-order valence-electron chi connectivity index (χ4n) is 3.74. The zero-order chi connectivity index (χ0) is 14.1. The van der Waals surface area contributed by atoms with Gasteiger partial charge in [-0.1, -0.05) is 6.07 Å². The smallest absolute Gasteiger partial charge is 0.160 e. The van der Waals surface area contributed by atoms with Gasteiger partial charge in [-0.25, -0.2) is 0 Å². The Bertz CT molecular complexity index is 605. The second-order valence-corrected chi connectivity index (χ2v) is 7.39. The Kier molecular flexibility index (Phi) is 3.86. The Labute approximate surface area is 129 Å². The van der Waals surface area contributed by atoms with Crippen LogP contribution in [-0.4, -0.2) is 50.1 Å². The van der Waals surface area contributed by atoms with Crippen molar-refractivity contribution in [3.05, 3.63) is 30.2 Å². The molecule has 21 heavy (non-hydrogen) atoms. The summed E-state index contributed by atoms with van der Waals surface area (Å²) in [7, 11) is 0. The number of nitrogens with zero attached hydrogens (tertiary/aromatic N) is 4. The monoisotopic (exact) mass is 302 g/mol. The van der Waals surface area contributed by atoms with Gasteiger partial charge in [-0.05, 0) is 55.9 Å². The Morgan fingerprint density at radius 3 is 2.90 bits per heavy atom. The van der Waals surface area contributed by atoms with Crippen LogP contribution in [0.5, 0.6) is 0 Å². The average Bonchev–Trinajstić information content (AvgIpc) is 3.00. The molecule has 5 heteroatoms. The summed E-state index contributed by atoms with van der Waals surface area (Å²) in [4.78, 5) is 2.72. The Hall–Kier alpha value is -1.07. The molecule has 0 amide bonds. The lowest BCUT2D eigenvalue weighted by Crippen LogP contribution is -2.44. The molecule has 0 radical (unpaired) electrons. The highest BCUT2D eigenvalue weighted by molar-refractivity contribution is 7.99. The van der Waals surface area contributed by atoms with Crippen LogP contribution in [0.25, 0.3) is 5.65 Å². The van der Waals surface area contributed by atoms with Crippen molar-refractivity contribution in [3.63, 3.8) is 0 Å². The lowest BCUT2D eigenvalue weighted by Gasteiger charge is -2.39. The maximum atomic E-state index is 4.48. The molecular weight excluding hydrogens is 280 g/mol. The van der Waals surface area contributed by atoms with E-state index in [0.29, 0.717) is 5.92 Å². The molecule has 0 N–H and O–H groups in total. The van der Waals surface area contributed by atoms with Crippen LogP contribution in [0.2, 0.25) is 0 Å². The summed E-state index contributed by atoms with van der Waals surface area (Å²) < 4.78 is 2.17. The number of likely N-dealkylation sites (tertiary alicyclic amines) is 1. The molecule has 0 spiro atoms. The van der Waals surface area contributed by atoms with Gasteiger partial charge in [-0.3, -0.25) is 9.30 Å². The minimum absolute atomic E-state index is 0.533. The van der Waals surface area contributed by atoms with Crippen LogP contribution in [0, 0.1) is 0 Å². The van der Waals surface area contributed by atoms with Crippen molar-refractivity contribution < 1.29 is 0 Å². The molecule has 2 aromatic heterocycles. The van der Waals surface area contributed by atoms with E-state index in [4.69, 9.17) is 0 Å². The van der Waals surface area contributed by atoms with Gasteiger partial charge >= 0.3 is 0 Å². The lowest BCUT2D eigenvalue weighted by atomic mass is 9.94. The van der Waals surface area contributed by atoms with E-state index in [9.17, 15) is 0 Å². The molecule has 4 heterocycles. The fraction of sp³-hybridized carbons (Fsp3) is 0.625. The molecule has 2 aliphatic rings. The number of piperidine rings is 1. The first-order valence-electron chi connectivity index (χ1n) is 8.03. The largest absolute Gasteiger partial charge is 0.300 e. The first kappa shape index (κ1) is 13.6. The Morgan fingerprint density at radius 2 is 2.00 bits per heavy atom. The van der Waals surface area contributed by atoms with Crippen molar-refractivity contribution in [3.8, 4) is 0 Å². The number of aromatic nitrogens is 3. The van der Waals surface area contributed by atoms with E-state index in [-0.39, 0.29) is 0 Å². The zero-order valence-corrected chi connectivity index (χ0v) is 13.1. The molecule has 0 saturated carbocycles. The van der Waals surface area contributed by atoms with Crippen LogP contribution in [0.15, 0.2) is 24.4 Å². The van der Waals surface area contributed by atoms with Gasteiger partial charge in [0.05, 0.1) is 0 Å². The zero-order valence-electron chi connectivity index (χ0n) is 12.3. The van der Waals surface area contributed by atoms with Crippen LogP contribution in [0.4, 0.5) is 0 Å². The number of hydrogen-bond acceptors (Lipinski definition) is 4. The van der Waals surface area contributed by atoms with Gasteiger partial charge in [0.25, 0.3) is 0 Å². The van der Waals surface area contributed by atoms with Gasteiger partial charge in [-0.2, -0.15) is 11.8 Å². The number of fused-ring (bicyclic) bond motifs is 1. The van der Waals surface area contributed by atoms with Gasteiger partial charge in [-0.15, -0.1) is 10.2 Å². The highest BCUT2D eigenvalue weighted by Gasteiger charge is 2.29. The molecule has 2 aromatic rings. The summed E-state index contributed by atoms with van der Waals surface area (Å²) in [5.74, 6) is 4.35. The topological polar surface area (TPSA) is 33.4 Å². The van der Waals surface area contributed by atoms with Gasteiger partial charge in [0.1, 0.15) is 5.82 Å². The maximum Gasteiger partial charge on any atom is 0.160 e. The molecule has 4 rings (SSSR count). The van der Waals surface area contributed by atoms with Crippen molar-refractivity contribution in [1.29, 1.82) is 0 Å². The molecule has 0 unspecified atom stereocenters. The van der Waals surface area contributed by atoms with Gasteiger partial charge in [0, 0.05) is 24.7 Å². The summed E-state index contributed by atoms with van der Waals surface area (Å²) in [6.07, 6.45) is 7.35. The predicted molar refractivity (Wildman–Crippen MR) is 86.9 cm³/mol. The minimum atomic E-state index is 0.533. The third-order valence-corrected chi connectivity index (χ3v) is 5.91. The molecule has 2 aliphatic heterocycles. The van der Waals surface area contributed by atoms with E-state index in [1.807, 2.05) is 12.1 Å². The maximum absolute atomic E-state index is 4.48. The van der Waals surface area contributed by atoms with Gasteiger partial charge in [0.2, 0.25) is 0 Å². The highest BCUT2D eigenvalue weighted by Crippen LogP contribution is 2.30. The van der Waals surface area contributed by atoms with E-state index in [2.05, 4.69) is 43.5 Å². The van der Waals surface area contributed by atoms with E-state index < -0.39 is 0 Å². The van der Waals surface area contributed by atoms with Crippen molar-refractivity contribution in [2.45, 2.75) is 37.6 Å². The lowest BCUT2D eigenvalue weighted by molar-refractivity contribution is 0.137. The second-order valence-electron chi connectivity index (χ2n) is 6.16. The van der Waals surface area contributed by atoms with Gasteiger partial charge in [0.15, 0.2) is 5.65 Å². The Morgan fingerprint density at radius 1 is 1.10 bits per heavy atom. The molecule has 2 saturated heterocycles. The van der Waals surface area contributed by atoms with Crippen LogP contribution >= 0.6 is 11.8 Å². The molecule has 1 atom stereocenters.